The quantitative estimate of drug-likeness (QED) is 0.481. The van der Waals surface area contributed by atoms with E-state index < -0.39 is 0 Å². The maximum absolute atomic E-state index is 8.37. The predicted molar refractivity (Wildman–Crippen MR) is 70.3 cm³/mol. The monoisotopic (exact) mass is 242 g/mol. The number of hydrogen-bond donors (Lipinski definition) is 2. The SMILES string of the molecule is ONC=Nc1ccc(OCc2ccccc2)cc1. The topological polar surface area (TPSA) is 53.8 Å². The molecule has 0 aliphatic carbocycles. The van der Waals surface area contributed by atoms with Gasteiger partial charge in [-0.2, -0.15) is 0 Å². The van der Waals surface area contributed by atoms with Gasteiger partial charge in [0.15, 0.2) is 0 Å². The lowest BCUT2D eigenvalue weighted by molar-refractivity contribution is 0.240. The molecule has 18 heavy (non-hydrogen) atoms. The van der Waals surface area contributed by atoms with Crippen molar-refractivity contribution in [3.8, 4) is 5.75 Å². The molecule has 0 radical (unpaired) electrons. The molecule has 4 nitrogen and oxygen atoms in total. The second-order valence-electron chi connectivity index (χ2n) is 3.66. The number of hydrogen-bond acceptors (Lipinski definition) is 3. The maximum Gasteiger partial charge on any atom is 0.119 e. The van der Waals surface area contributed by atoms with E-state index in [-0.39, 0.29) is 0 Å². The van der Waals surface area contributed by atoms with Gasteiger partial charge in [0.1, 0.15) is 18.7 Å². The van der Waals surface area contributed by atoms with Crippen LogP contribution in [0.4, 0.5) is 5.69 Å². The first-order chi connectivity index (χ1) is 8.88. The summed E-state index contributed by atoms with van der Waals surface area (Å²) < 4.78 is 5.63. The Morgan fingerprint density at radius 2 is 1.78 bits per heavy atom. The van der Waals surface area contributed by atoms with Crippen LogP contribution in [0.5, 0.6) is 5.75 Å². The molecule has 0 heterocycles. The minimum Gasteiger partial charge on any atom is -0.489 e. The largest absolute Gasteiger partial charge is 0.489 e. The van der Waals surface area contributed by atoms with E-state index in [0.717, 1.165) is 17.0 Å². The molecule has 2 aromatic rings. The van der Waals surface area contributed by atoms with Crippen molar-refractivity contribution in [2.75, 3.05) is 0 Å². The molecule has 92 valence electrons. The van der Waals surface area contributed by atoms with Gasteiger partial charge in [-0.25, -0.2) is 4.99 Å². The van der Waals surface area contributed by atoms with Crippen LogP contribution in [0.3, 0.4) is 0 Å². The van der Waals surface area contributed by atoms with Crippen LogP contribution in [0.2, 0.25) is 0 Å². The lowest BCUT2D eigenvalue weighted by atomic mass is 10.2. The summed E-state index contributed by atoms with van der Waals surface area (Å²) in [6.45, 7) is 0.543. The molecule has 0 aliphatic heterocycles. The summed E-state index contributed by atoms with van der Waals surface area (Å²) in [5.41, 5.74) is 3.72. The third-order valence-electron chi connectivity index (χ3n) is 2.36. The van der Waals surface area contributed by atoms with Crippen LogP contribution in [0, 0.1) is 0 Å². The van der Waals surface area contributed by atoms with Gasteiger partial charge in [-0.05, 0) is 29.8 Å². The Labute approximate surface area is 106 Å². The van der Waals surface area contributed by atoms with Crippen molar-refractivity contribution in [1.82, 2.24) is 5.48 Å². The molecule has 2 N–H and O–H groups in total. The van der Waals surface area contributed by atoms with Crippen LogP contribution in [0.15, 0.2) is 59.6 Å². The van der Waals surface area contributed by atoms with Gasteiger partial charge in [-0.3, -0.25) is 10.7 Å². The van der Waals surface area contributed by atoms with Crippen LogP contribution in [-0.4, -0.2) is 11.5 Å². The number of rotatable bonds is 5. The molecule has 0 spiro atoms. The fraction of sp³-hybridized carbons (Fsp3) is 0.0714. The molecule has 4 heteroatoms. The summed E-state index contributed by atoms with van der Waals surface area (Å²) in [6.07, 6.45) is 1.21. The van der Waals surface area contributed by atoms with Gasteiger partial charge in [0.25, 0.3) is 0 Å². The number of hydroxylamine groups is 1. The zero-order valence-corrected chi connectivity index (χ0v) is 9.78. The average Bonchev–Trinajstić information content (AvgIpc) is 2.45. The Kier molecular flexibility index (Phi) is 4.33. The summed E-state index contributed by atoms with van der Waals surface area (Å²) in [7, 11) is 0. The van der Waals surface area contributed by atoms with Crippen molar-refractivity contribution in [3.63, 3.8) is 0 Å². The van der Waals surface area contributed by atoms with Crippen LogP contribution < -0.4 is 10.2 Å². The molecule has 2 rings (SSSR count). The van der Waals surface area contributed by atoms with Gasteiger partial charge < -0.3 is 4.74 Å². The van der Waals surface area contributed by atoms with E-state index in [0.29, 0.717) is 6.61 Å². The third kappa shape index (κ3) is 3.61. The summed E-state index contributed by atoms with van der Waals surface area (Å²) in [5, 5.41) is 8.37. The van der Waals surface area contributed by atoms with Crippen molar-refractivity contribution in [1.29, 1.82) is 0 Å². The highest BCUT2D eigenvalue weighted by atomic mass is 16.5. The molecular formula is C14H14N2O2. The second kappa shape index (κ2) is 6.42. The Hall–Kier alpha value is -2.33. The van der Waals surface area contributed by atoms with Gasteiger partial charge >= 0.3 is 0 Å². The second-order valence-corrected chi connectivity index (χ2v) is 3.66. The molecule has 0 bridgehead atoms. The van der Waals surface area contributed by atoms with Crippen molar-refractivity contribution in [2.45, 2.75) is 6.61 Å². The van der Waals surface area contributed by atoms with Gasteiger partial charge in [0, 0.05) is 0 Å². The Morgan fingerprint density at radius 3 is 2.44 bits per heavy atom. The first kappa shape index (κ1) is 12.1. The molecule has 0 aliphatic rings. The summed E-state index contributed by atoms with van der Waals surface area (Å²) in [4.78, 5) is 3.94. The number of benzene rings is 2. The van der Waals surface area contributed by atoms with Gasteiger partial charge in [0.2, 0.25) is 0 Å². The van der Waals surface area contributed by atoms with Crippen LogP contribution >= 0.6 is 0 Å². The van der Waals surface area contributed by atoms with Crippen LogP contribution in [0.1, 0.15) is 5.56 Å². The molecule has 0 aromatic heterocycles. The van der Waals surface area contributed by atoms with Crippen LogP contribution in [0.25, 0.3) is 0 Å². The third-order valence-corrected chi connectivity index (χ3v) is 2.36. The minimum atomic E-state index is 0.543. The minimum absolute atomic E-state index is 0.543. The van der Waals surface area contributed by atoms with E-state index in [2.05, 4.69) is 4.99 Å². The number of aliphatic imine (C=N–C) groups is 1. The lowest BCUT2D eigenvalue weighted by Gasteiger charge is -2.06. The standard InChI is InChI=1S/C14H14N2O2/c17-16-11-15-13-6-8-14(9-7-13)18-10-12-4-2-1-3-5-12/h1-9,11,17H,10H2,(H,15,16). The van der Waals surface area contributed by atoms with E-state index in [9.17, 15) is 0 Å². The molecule has 0 saturated carbocycles. The Bertz CT molecular complexity index is 495. The number of nitrogens with zero attached hydrogens (tertiary/aromatic N) is 1. The molecule has 0 saturated heterocycles. The highest BCUT2D eigenvalue weighted by Gasteiger charge is 1.95. The predicted octanol–water partition coefficient (Wildman–Crippen LogP) is 2.90. The maximum atomic E-state index is 8.37. The average molecular weight is 242 g/mol. The molecule has 0 amide bonds. The fourth-order valence-electron chi connectivity index (χ4n) is 1.47. The summed E-state index contributed by atoms with van der Waals surface area (Å²) in [5.74, 6) is 0.787. The van der Waals surface area contributed by atoms with Gasteiger partial charge in [-0.1, -0.05) is 30.3 Å². The van der Waals surface area contributed by atoms with Crippen LogP contribution in [-0.2, 0) is 6.61 Å². The lowest BCUT2D eigenvalue weighted by Crippen LogP contribution is -2.00. The van der Waals surface area contributed by atoms with Crippen molar-refractivity contribution >= 4 is 12.0 Å². The molecular weight excluding hydrogens is 228 g/mol. The zero-order chi connectivity index (χ0) is 12.6. The molecule has 0 fully saturated rings. The normalized spacial score (nSPS) is 10.5. The number of nitrogens with one attached hydrogen (secondary N) is 1. The van der Waals surface area contributed by atoms with Crippen molar-refractivity contribution < 1.29 is 9.94 Å². The van der Waals surface area contributed by atoms with E-state index in [4.69, 9.17) is 9.94 Å². The molecule has 0 atom stereocenters. The fourth-order valence-corrected chi connectivity index (χ4v) is 1.47. The van der Waals surface area contributed by atoms with Gasteiger partial charge in [0.05, 0.1) is 5.69 Å². The van der Waals surface area contributed by atoms with E-state index >= 15 is 0 Å². The Balaban J connectivity index is 1.92. The highest BCUT2D eigenvalue weighted by molar-refractivity contribution is 5.59. The summed E-state index contributed by atoms with van der Waals surface area (Å²) in [6, 6.07) is 17.3. The van der Waals surface area contributed by atoms with E-state index in [1.807, 2.05) is 60.1 Å². The Morgan fingerprint density at radius 1 is 1.06 bits per heavy atom. The highest BCUT2D eigenvalue weighted by Crippen LogP contribution is 2.18. The first-order valence-electron chi connectivity index (χ1n) is 5.57. The summed E-state index contributed by atoms with van der Waals surface area (Å²) >= 11 is 0. The van der Waals surface area contributed by atoms with Crippen molar-refractivity contribution in [3.05, 3.63) is 60.2 Å². The smallest absolute Gasteiger partial charge is 0.119 e. The molecule has 0 unspecified atom stereocenters. The van der Waals surface area contributed by atoms with Gasteiger partial charge in [-0.15, -0.1) is 0 Å². The van der Waals surface area contributed by atoms with E-state index in [1.54, 1.807) is 0 Å². The number of ether oxygens (including phenoxy) is 1. The molecule has 2 aromatic carbocycles. The van der Waals surface area contributed by atoms with E-state index in [1.165, 1.54) is 6.34 Å². The first-order valence-corrected chi connectivity index (χ1v) is 5.57. The zero-order valence-electron chi connectivity index (χ0n) is 9.78. The van der Waals surface area contributed by atoms with Crippen molar-refractivity contribution in [2.24, 2.45) is 4.99 Å².